The molecule has 0 atom stereocenters. The third-order valence-electron chi connectivity index (χ3n) is 4.04. The van der Waals surface area contributed by atoms with E-state index in [9.17, 15) is 0 Å². The van der Waals surface area contributed by atoms with Crippen LogP contribution in [-0.4, -0.2) is 0 Å². The largest absolute Gasteiger partial charge is 0.489 e. The molecule has 0 aliphatic rings. The van der Waals surface area contributed by atoms with Crippen LogP contribution in [-0.2, 0) is 13.2 Å². The molecule has 2 nitrogen and oxygen atoms in total. The minimum atomic E-state index is 0.331. The van der Waals surface area contributed by atoms with E-state index in [1.807, 2.05) is 55.5 Å². The fourth-order valence-electron chi connectivity index (χ4n) is 2.44. The Kier molecular flexibility index (Phi) is 6.31. The first-order valence-corrected chi connectivity index (χ1v) is 9.31. The van der Waals surface area contributed by atoms with Gasteiger partial charge in [0.2, 0.25) is 0 Å². The highest BCUT2D eigenvalue weighted by molar-refractivity contribution is 6.36. The lowest BCUT2D eigenvalue weighted by Crippen LogP contribution is -2.00. The summed E-state index contributed by atoms with van der Waals surface area (Å²) in [5.74, 6) is 0.767. The number of hydrogen-bond acceptors (Lipinski definition) is 2. The Balaban J connectivity index is 1.57. The fourth-order valence-corrected chi connectivity index (χ4v) is 3.12. The molecule has 5 heteroatoms. The standard InChI is InChI=1S/C21H18Cl3NO/c1-14-5-8-16(11-21(14)24)25-12-15-6-9-17(10-7-15)26-13-18-19(22)3-2-4-20(18)23/h2-11,25H,12-13H2,1H3. The van der Waals surface area contributed by atoms with Gasteiger partial charge in [0.05, 0.1) is 0 Å². The molecule has 3 aromatic rings. The fraction of sp³-hybridized carbons (Fsp3) is 0.143. The molecule has 1 N–H and O–H groups in total. The van der Waals surface area contributed by atoms with Crippen molar-refractivity contribution in [1.82, 2.24) is 0 Å². The highest BCUT2D eigenvalue weighted by atomic mass is 35.5. The predicted molar refractivity (Wildman–Crippen MR) is 111 cm³/mol. The molecule has 134 valence electrons. The van der Waals surface area contributed by atoms with Crippen LogP contribution in [0.3, 0.4) is 0 Å². The van der Waals surface area contributed by atoms with Crippen LogP contribution in [0.4, 0.5) is 5.69 Å². The zero-order valence-corrected chi connectivity index (χ0v) is 16.5. The monoisotopic (exact) mass is 405 g/mol. The van der Waals surface area contributed by atoms with Crippen molar-refractivity contribution in [3.8, 4) is 5.75 Å². The van der Waals surface area contributed by atoms with Crippen molar-refractivity contribution in [2.45, 2.75) is 20.1 Å². The van der Waals surface area contributed by atoms with Crippen LogP contribution in [0.1, 0.15) is 16.7 Å². The number of hydrogen-bond donors (Lipinski definition) is 1. The maximum Gasteiger partial charge on any atom is 0.119 e. The molecule has 0 fully saturated rings. The van der Waals surface area contributed by atoms with Crippen molar-refractivity contribution in [2.75, 3.05) is 5.32 Å². The molecule has 0 spiro atoms. The summed E-state index contributed by atoms with van der Waals surface area (Å²) in [6.45, 7) is 3.02. The summed E-state index contributed by atoms with van der Waals surface area (Å²) in [5, 5.41) is 5.34. The number of benzene rings is 3. The summed E-state index contributed by atoms with van der Waals surface area (Å²) in [5.41, 5.74) is 3.99. The van der Waals surface area contributed by atoms with Crippen LogP contribution >= 0.6 is 34.8 Å². The second kappa shape index (κ2) is 8.68. The Labute approximate surface area is 168 Å². The maximum atomic E-state index is 6.16. The normalized spacial score (nSPS) is 10.6. The van der Waals surface area contributed by atoms with Crippen molar-refractivity contribution < 1.29 is 4.74 Å². The first-order valence-electron chi connectivity index (χ1n) is 8.17. The second-order valence-corrected chi connectivity index (χ2v) is 7.17. The van der Waals surface area contributed by atoms with E-state index >= 15 is 0 Å². The van der Waals surface area contributed by atoms with Crippen molar-refractivity contribution in [3.05, 3.63) is 92.4 Å². The summed E-state index contributed by atoms with van der Waals surface area (Å²) < 4.78 is 5.79. The van der Waals surface area contributed by atoms with Crippen LogP contribution in [0.2, 0.25) is 15.1 Å². The first kappa shape index (κ1) is 18.9. The van der Waals surface area contributed by atoms with Crippen LogP contribution in [0.15, 0.2) is 60.7 Å². The first-order chi connectivity index (χ1) is 12.5. The van der Waals surface area contributed by atoms with Crippen LogP contribution in [0, 0.1) is 6.92 Å². The molecule has 3 rings (SSSR count). The number of halogens is 3. The van der Waals surface area contributed by atoms with E-state index in [0.29, 0.717) is 23.2 Å². The van der Waals surface area contributed by atoms with Gasteiger partial charge in [-0.1, -0.05) is 59.1 Å². The van der Waals surface area contributed by atoms with E-state index in [0.717, 1.165) is 33.1 Å². The highest BCUT2D eigenvalue weighted by Gasteiger charge is 2.06. The lowest BCUT2D eigenvalue weighted by atomic mass is 10.2. The molecule has 0 aromatic heterocycles. The topological polar surface area (TPSA) is 21.3 Å². The quantitative estimate of drug-likeness (QED) is 0.469. The predicted octanol–water partition coefficient (Wildman–Crippen LogP) is 7.15. The third kappa shape index (κ3) is 4.85. The van der Waals surface area contributed by atoms with Gasteiger partial charge in [-0.3, -0.25) is 0 Å². The number of rotatable bonds is 6. The molecule has 0 heterocycles. The molecule has 3 aromatic carbocycles. The molecule has 0 radical (unpaired) electrons. The summed E-state index contributed by atoms with van der Waals surface area (Å²) in [4.78, 5) is 0. The van der Waals surface area contributed by atoms with Gasteiger partial charge < -0.3 is 10.1 Å². The van der Waals surface area contributed by atoms with Gasteiger partial charge in [-0.25, -0.2) is 0 Å². The molecule has 0 aliphatic heterocycles. The SMILES string of the molecule is Cc1ccc(NCc2ccc(OCc3c(Cl)cccc3Cl)cc2)cc1Cl. The summed E-state index contributed by atoms with van der Waals surface area (Å²) in [6.07, 6.45) is 0. The molecule has 0 aliphatic carbocycles. The van der Waals surface area contributed by atoms with Crippen molar-refractivity contribution in [1.29, 1.82) is 0 Å². The average Bonchev–Trinajstić information content (AvgIpc) is 2.63. The average molecular weight is 407 g/mol. The van der Waals surface area contributed by atoms with Crippen LogP contribution in [0.5, 0.6) is 5.75 Å². The lowest BCUT2D eigenvalue weighted by molar-refractivity contribution is 0.306. The number of ether oxygens (including phenoxy) is 1. The smallest absolute Gasteiger partial charge is 0.119 e. The Bertz CT molecular complexity index is 874. The molecule has 0 saturated heterocycles. The van der Waals surface area contributed by atoms with Gasteiger partial charge in [-0.15, -0.1) is 0 Å². The van der Waals surface area contributed by atoms with Crippen molar-refractivity contribution in [3.63, 3.8) is 0 Å². The summed E-state index contributed by atoms with van der Waals surface area (Å²) in [7, 11) is 0. The molecular formula is C21H18Cl3NO. The molecule has 26 heavy (non-hydrogen) atoms. The Morgan fingerprint density at radius 3 is 2.19 bits per heavy atom. The Morgan fingerprint density at radius 1 is 0.846 bits per heavy atom. The van der Waals surface area contributed by atoms with Gasteiger partial charge >= 0.3 is 0 Å². The third-order valence-corrected chi connectivity index (χ3v) is 5.15. The summed E-state index contributed by atoms with van der Waals surface area (Å²) in [6, 6.07) is 19.3. The van der Waals surface area contributed by atoms with Crippen molar-refractivity contribution in [2.24, 2.45) is 0 Å². The second-order valence-electron chi connectivity index (χ2n) is 5.95. The van der Waals surface area contributed by atoms with E-state index in [4.69, 9.17) is 39.5 Å². The van der Waals surface area contributed by atoms with Gasteiger partial charge in [0, 0.05) is 32.9 Å². The molecule has 0 bridgehead atoms. The van der Waals surface area contributed by atoms with Gasteiger partial charge in [-0.05, 0) is 54.4 Å². The Morgan fingerprint density at radius 2 is 1.54 bits per heavy atom. The van der Waals surface area contributed by atoms with E-state index in [-0.39, 0.29) is 0 Å². The maximum absolute atomic E-state index is 6.16. The van der Waals surface area contributed by atoms with Gasteiger partial charge in [0.15, 0.2) is 0 Å². The number of aryl methyl sites for hydroxylation is 1. The van der Waals surface area contributed by atoms with Gasteiger partial charge in [-0.2, -0.15) is 0 Å². The minimum absolute atomic E-state index is 0.331. The van der Waals surface area contributed by atoms with E-state index in [1.54, 1.807) is 12.1 Å². The van der Waals surface area contributed by atoms with E-state index in [2.05, 4.69) is 5.32 Å². The summed E-state index contributed by atoms with van der Waals surface area (Å²) >= 11 is 18.5. The van der Waals surface area contributed by atoms with E-state index < -0.39 is 0 Å². The van der Waals surface area contributed by atoms with Gasteiger partial charge in [0.1, 0.15) is 12.4 Å². The molecule has 0 saturated carbocycles. The van der Waals surface area contributed by atoms with E-state index in [1.165, 1.54) is 0 Å². The van der Waals surface area contributed by atoms with Gasteiger partial charge in [0.25, 0.3) is 0 Å². The molecule has 0 amide bonds. The van der Waals surface area contributed by atoms with Crippen molar-refractivity contribution >= 4 is 40.5 Å². The minimum Gasteiger partial charge on any atom is -0.489 e. The zero-order chi connectivity index (χ0) is 18.5. The zero-order valence-electron chi connectivity index (χ0n) is 14.2. The highest BCUT2D eigenvalue weighted by Crippen LogP contribution is 2.26. The Hall–Kier alpha value is -1.87. The number of nitrogens with one attached hydrogen (secondary N) is 1. The van der Waals surface area contributed by atoms with Crippen LogP contribution < -0.4 is 10.1 Å². The molecule has 0 unspecified atom stereocenters. The lowest BCUT2D eigenvalue weighted by Gasteiger charge is -2.11. The number of anilines is 1. The van der Waals surface area contributed by atoms with Crippen LogP contribution in [0.25, 0.3) is 0 Å². The molecular weight excluding hydrogens is 389 g/mol.